The lowest BCUT2D eigenvalue weighted by atomic mass is 10.0. The number of aromatic nitrogens is 2. The molecule has 0 saturated heterocycles. The van der Waals surface area contributed by atoms with Crippen molar-refractivity contribution in [2.24, 2.45) is 0 Å². The summed E-state index contributed by atoms with van der Waals surface area (Å²) in [6, 6.07) is 13.8. The molecule has 2 aromatic carbocycles. The predicted octanol–water partition coefficient (Wildman–Crippen LogP) is 4.98. The highest BCUT2D eigenvalue weighted by Crippen LogP contribution is 2.35. The van der Waals surface area contributed by atoms with Crippen LogP contribution in [0.1, 0.15) is 17.5 Å². The number of hydrogen-bond donors (Lipinski definition) is 1. The van der Waals surface area contributed by atoms with E-state index in [2.05, 4.69) is 37.4 Å². The lowest BCUT2D eigenvalue weighted by molar-refractivity contribution is 0.234. The number of aliphatic hydroxyl groups excluding tert-OH is 1. The Labute approximate surface area is 193 Å². The molecule has 1 N–H and O–H groups in total. The second kappa shape index (κ2) is 8.83. The fraction of sp³-hybridized carbons (Fsp3) is 0.167. The van der Waals surface area contributed by atoms with Gasteiger partial charge in [0, 0.05) is 58.8 Å². The number of fused-ring (bicyclic) bond motifs is 3. The number of aliphatic hydroxyl groups is 1. The Bertz CT molecular complexity index is 1420. The number of ether oxygens (including phenoxy) is 1. The fourth-order valence-corrected chi connectivity index (χ4v) is 4.36. The summed E-state index contributed by atoms with van der Waals surface area (Å²) < 4.78 is 8.93. The van der Waals surface area contributed by atoms with Gasteiger partial charge in [0.1, 0.15) is 5.75 Å². The van der Waals surface area contributed by atoms with Crippen LogP contribution in [0.5, 0.6) is 5.75 Å². The maximum absolute atomic E-state index is 13.4. The molecule has 5 nitrogen and oxygen atoms in total. The quantitative estimate of drug-likeness (QED) is 0.335. The molecule has 0 bridgehead atoms. The Morgan fingerprint density at radius 1 is 1.10 bits per heavy atom. The van der Waals surface area contributed by atoms with Crippen LogP contribution in [0.15, 0.2) is 70.3 Å². The van der Waals surface area contributed by atoms with Crippen molar-refractivity contribution < 1.29 is 9.84 Å². The van der Waals surface area contributed by atoms with Crippen LogP contribution in [0, 0.1) is 0 Å². The van der Waals surface area contributed by atoms with Crippen LogP contribution in [0.4, 0.5) is 0 Å². The topological polar surface area (TPSA) is 63.8 Å². The van der Waals surface area contributed by atoms with Gasteiger partial charge in [-0.3, -0.25) is 9.78 Å². The van der Waals surface area contributed by atoms with Gasteiger partial charge in [-0.05, 0) is 35.9 Å². The zero-order valence-electron chi connectivity index (χ0n) is 16.5. The highest BCUT2D eigenvalue weighted by atomic mass is 79.9. The highest BCUT2D eigenvalue weighted by Gasteiger charge is 2.18. The molecular formula is C24H20BrClN2O3. The van der Waals surface area contributed by atoms with E-state index >= 15 is 0 Å². The molecular weight excluding hydrogens is 480 g/mol. The summed E-state index contributed by atoms with van der Waals surface area (Å²) in [5.74, 6) is 0.642. The van der Waals surface area contributed by atoms with Gasteiger partial charge in [-0.25, -0.2) is 0 Å². The van der Waals surface area contributed by atoms with Crippen molar-refractivity contribution in [2.45, 2.75) is 12.8 Å². The first-order valence-corrected chi connectivity index (χ1v) is 10.6. The Morgan fingerprint density at radius 2 is 1.94 bits per heavy atom. The van der Waals surface area contributed by atoms with Crippen LogP contribution in [-0.4, -0.2) is 27.7 Å². The van der Waals surface area contributed by atoms with Gasteiger partial charge in [-0.2, -0.15) is 0 Å². The third-order valence-electron chi connectivity index (χ3n) is 5.34. The molecule has 0 aliphatic carbocycles. The maximum Gasteiger partial charge on any atom is 0.193 e. The molecule has 31 heavy (non-hydrogen) atoms. The van der Waals surface area contributed by atoms with Crippen LogP contribution in [0.2, 0.25) is 0 Å². The van der Waals surface area contributed by atoms with Crippen molar-refractivity contribution in [3.63, 3.8) is 0 Å². The largest absolute Gasteiger partial charge is 0.493 e. The van der Waals surface area contributed by atoms with Crippen molar-refractivity contribution in [2.75, 3.05) is 13.2 Å². The van der Waals surface area contributed by atoms with E-state index in [4.69, 9.17) is 9.84 Å². The molecule has 0 atom stereocenters. The Hall–Kier alpha value is -2.67. The Morgan fingerprint density at radius 3 is 2.71 bits per heavy atom. The van der Waals surface area contributed by atoms with Gasteiger partial charge in [-0.15, -0.1) is 12.4 Å². The summed E-state index contributed by atoms with van der Waals surface area (Å²) >= 11 is 3.57. The second-order valence-corrected chi connectivity index (χ2v) is 8.26. The number of rotatable bonds is 6. The highest BCUT2D eigenvalue weighted by molar-refractivity contribution is 9.10. The van der Waals surface area contributed by atoms with E-state index in [1.54, 1.807) is 12.4 Å². The molecule has 0 radical (unpaired) electrons. The van der Waals surface area contributed by atoms with Gasteiger partial charge >= 0.3 is 0 Å². The monoisotopic (exact) mass is 498 g/mol. The lowest BCUT2D eigenvalue weighted by Crippen LogP contribution is -2.12. The average Bonchev–Trinajstić information content (AvgIpc) is 3.05. The molecule has 0 aliphatic rings. The van der Waals surface area contributed by atoms with Crippen LogP contribution < -0.4 is 10.2 Å². The molecule has 0 aliphatic heterocycles. The molecule has 0 saturated carbocycles. The van der Waals surface area contributed by atoms with Crippen LogP contribution in [-0.2, 0) is 6.42 Å². The Balaban J connectivity index is 0.00000231. The van der Waals surface area contributed by atoms with Crippen molar-refractivity contribution in [1.29, 1.82) is 0 Å². The third-order valence-corrected chi connectivity index (χ3v) is 5.84. The van der Waals surface area contributed by atoms with Gasteiger partial charge < -0.3 is 14.2 Å². The smallest absolute Gasteiger partial charge is 0.193 e. The molecule has 5 rings (SSSR count). The minimum atomic E-state index is 0. The van der Waals surface area contributed by atoms with Crippen LogP contribution >= 0.6 is 28.3 Å². The van der Waals surface area contributed by atoms with E-state index < -0.39 is 0 Å². The minimum Gasteiger partial charge on any atom is -0.493 e. The van der Waals surface area contributed by atoms with Gasteiger partial charge in [0.2, 0.25) is 0 Å². The third kappa shape index (κ3) is 3.87. The summed E-state index contributed by atoms with van der Waals surface area (Å²) in [6.07, 6.45) is 6.52. The number of hydrogen-bond acceptors (Lipinski definition) is 4. The van der Waals surface area contributed by atoms with E-state index in [1.165, 1.54) is 0 Å². The van der Waals surface area contributed by atoms with E-state index in [-0.39, 0.29) is 24.4 Å². The zero-order chi connectivity index (χ0) is 20.7. The van der Waals surface area contributed by atoms with Gasteiger partial charge in [0.05, 0.1) is 23.0 Å². The summed E-state index contributed by atoms with van der Waals surface area (Å²) in [5, 5.41) is 11.7. The van der Waals surface area contributed by atoms with E-state index in [9.17, 15) is 4.79 Å². The molecule has 3 heterocycles. The standard InChI is InChI=1S/C24H19BrN2O3.ClH/c25-17-4-5-19-20-11-18(30-8-2-7-28)12-21-23(20)27(22(19)10-17)14-16(24(21)29)9-15-3-1-6-26-13-15;/h1,3-6,10-14,28H,2,7-9H2;1H. The first-order chi connectivity index (χ1) is 14.7. The molecule has 0 unspecified atom stereocenters. The summed E-state index contributed by atoms with van der Waals surface area (Å²) in [4.78, 5) is 17.6. The molecule has 0 amide bonds. The van der Waals surface area contributed by atoms with Gasteiger partial charge in [0.25, 0.3) is 0 Å². The lowest BCUT2D eigenvalue weighted by Gasteiger charge is -2.09. The van der Waals surface area contributed by atoms with E-state index in [0.717, 1.165) is 31.8 Å². The molecule has 5 aromatic rings. The summed E-state index contributed by atoms with van der Waals surface area (Å²) in [6.45, 7) is 0.470. The molecule has 0 fully saturated rings. The summed E-state index contributed by atoms with van der Waals surface area (Å²) in [7, 11) is 0. The van der Waals surface area contributed by atoms with E-state index in [1.807, 2.05) is 36.5 Å². The molecule has 7 heteroatoms. The number of nitrogens with zero attached hydrogens (tertiary/aromatic N) is 2. The van der Waals surface area contributed by atoms with Crippen molar-refractivity contribution in [3.05, 3.63) is 86.9 Å². The summed E-state index contributed by atoms with van der Waals surface area (Å²) in [5.41, 5.74) is 3.64. The predicted molar refractivity (Wildman–Crippen MR) is 129 cm³/mol. The first-order valence-electron chi connectivity index (χ1n) is 9.81. The van der Waals surface area contributed by atoms with Gasteiger partial charge in [0.15, 0.2) is 5.43 Å². The maximum atomic E-state index is 13.4. The normalized spacial score (nSPS) is 11.3. The minimum absolute atomic E-state index is 0. The number of pyridine rings is 2. The number of benzene rings is 2. The molecule has 0 spiro atoms. The van der Waals surface area contributed by atoms with Crippen LogP contribution in [0.3, 0.4) is 0 Å². The molecule has 3 aromatic heterocycles. The van der Waals surface area contributed by atoms with Gasteiger partial charge in [-0.1, -0.05) is 28.1 Å². The zero-order valence-corrected chi connectivity index (χ0v) is 18.9. The molecule has 158 valence electrons. The van der Waals surface area contributed by atoms with Crippen molar-refractivity contribution in [1.82, 2.24) is 9.38 Å². The second-order valence-electron chi connectivity index (χ2n) is 7.35. The average molecular weight is 500 g/mol. The van der Waals surface area contributed by atoms with Crippen LogP contribution in [0.25, 0.3) is 27.2 Å². The number of halogens is 2. The van der Waals surface area contributed by atoms with Crippen molar-refractivity contribution in [3.8, 4) is 5.75 Å². The first kappa shape index (κ1) is 21.6. The fourth-order valence-electron chi connectivity index (χ4n) is 4.01. The Kier molecular flexibility index (Phi) is 6.14. The SMILES string of the molecule is Cl.O=c1c(Cc2cccnc2)cn2c3cc(Br)ccc3c3cc(OCCCO)cc1c32. The van der Waals surface area contributed by atoms with E-state index in [0.29, 0.717) is 36.1 Å². The van der Waals surface area contributed by atoms with Crippen molar-refractivity contribution >= 4 is 55.5 Å².